The van der Waals surface area contributed by atoms with Gasteiger partial charge in [-0.1, -0.05) is 84.5 Å². The molecule has 23 heavy (non-hydrogen) atoms. The molecular formula is C18H39NO3S. The lowest BCUT2D eigenvalue weighted by atomic mass is 10.1. The zero-order valence-corrected chi connectivity index (χ0v) is 16.2. The number of nitrogens with one attached hydrogen (secondary N) is 1. The lowest BCUT2D eigenvalue weighted by molar-refractivity contribution is 0.247. The van der Waals surface area contributed by atoms with E-state index in [9.17, 15) is 13.5 Å². The molecule has 0 radical (unpaired) electrons. The number of hydrogen-bond donors (Lipinski definition) is 2. The second-order valence-electron chi connectivity index (χ2n) is 6.64. The predicted molar refractivity (Wildman–Crippen MR) is 99.2 cm³/mol. The molecule has 0 spiro atoms. The van der Waals surface area contributed by atoms with Gasteiger partial charge in [-0.2, -0.15) is 0 Å². The standard InChI is InChI=1S/C18H39NO3S/c1-3-5-7-9-10-11-12-14-16-23(21,22)19-18(17-20)15-13-8-6-4-2/h18-20H,3-17H2,1-2H3/t18-/m1/s1. The maximum atomic E-state index is 12.0. The Kier molecular flexibility index (Phi) is 15.3. The van der Waals surface area contributed by atoms with Crippen molar-refractivity contribution in [2.75, 3.05) is 12.4 Å². The maximum absolute atomic E-state index is 12.0. The van der Waals surface area contributed by atoms with Gasteiger partial charge in [0.2, 0.25) is 10.0 Å². The smallest absolute Gasteiger partial charge is 0.211 e. The van der Waals surface area contributed by atoms with Gasteiger partial charge in [0.1, 0.15) is 0 Å². The van der Waals surface area contributed by atoms with Crippen LogP contribution in [-0.4, -0.2) is 31.9 Å². The summed E-state index contributed by atoms with van der Waals surface area (Å²) in [6, 6.07) is -0.314. The monoisotopic (exact) mass is 349 g/mol. The van der Waals surface area contributed by atoms with Gasteiger partial charge in [0.05, 0.1) is 12.4 Å². The highest BCUT2D eigenvalue weighted by Crippen LogP contribution is 2.10. The number of sulfonamides is 1. The molecule has 140 valence electrons. The summed E-state index contributed by atoms with van der Waals surface area (Å²) in [4.78, 5) is 0. The SMILES string of the molecule is CCCCCCCCCCS(=O)(=O)N[C@@H](CO)CCCCCC. The molecule has 0 unspecified atom stereocenters. The molecule has 0 heterocycles. The van der Waals surface area contributed by atoms with Crippen molar-refractivity contribution < 1.29 is 13.5 Å². The quantitative estimate of drug-likeness (QED) is 0.383. The van der Waals surface area contributed by atoms with Crippen molar-refractivity contribution in [2.45, 2.75) is 103 Å². The van der Waals surface area contributed by atoms with Gasteiger partial charge in [0, 0.05) is 6.04 Å². The van der Waals surface area contributed by atoms with Crippen LogP contribution in [0.4, 0.5) is 0 Å². The minimum atomic E-state index is -3.25. The Morgan fingerprint density at radius 2 is 1.26 bits per heavy atom. The summed E-state index contributed by atoms with van der Waals surface area (Å²) in [7, 11) is -3.25. The van der Waals surface area contributed by atoms with Gasteiger partial charge in [-0.05, 0) is 12.8 Å². The summed E-state index contributed by atoms with van der Waals surface area (Å²) in [5.41, 5.74) is 0. The minimum Gasteiger partial charge on any atom is -0.395 e. The molecule has 0 saturated heterocycles. The maximum Gasteiger partial charge on any atom is 0.211 e. The van der Waals surface area contributed by atoms with Crippen LogP contribution < -0.4 is 4.72 Å². The van der Waals surface area contributed by atoms with Crippen LogP contribution in [0.2, 0.25) is 0 Å². The summed E-state index contributed by atoms with van der Waals surface area (Å²) >= 11 is 0. The largest absolute Gasteiger partial charge is 0.395 e. The van der Waals surface area contributed by atoms with E-state index in [1.54, 1.807) is 0 Å². The Morgan fingerprint density at radius 3 is 1.78 bits per heavy atom. The minimum absolute atomic E-state index is 0.108. The van der Waals surface area contributed by atoms with Gasteiger partial charge in [-0.3, -0.25) is 0 Å². The number of aliphatic hydroxyl groups excluding tert-OH is 1. The molecule has 5 heteroatoms. The Morgan fingerprint density at radius 1 is 0.783 bits per heavy atom. The van der Waals surface area contributed by atoms with Crippen LogP contribution in [0.25, 0.3) is 0 Å². The number of rotatable bonds is 17. The first-order valence-corrected chi connectivity index (χ1v) is 11.3. The molecule has 2 N–H and O–H groups in total. The Balaban J connectivity index is 3.76. The molecule has 4 nitrogen and oxygen atoms in total. The zero-order chi connectivity index (χ0) is 17.4. The van der Waals surface area contributed by atoms with E-state index in [0.717, 1.165) is 44.9 Å². The van der Waals surface area contributed by atoms with Crippen molar-refractivity contribution in [1.29, 1.82) is 0 Å². The molecule has 0 aliphatic carbocycles. The van der Waals surface area contributed by atoms with Gasteiger partial charge >= 0.3 is 0 Å². The fraction of sp³-hybridized carbons (Fsp3) is 1.00. The van der Waals surface area contributed by atoms with Crippen LogP contribution in [0.3, 0.4) is 0 Å². The summed E-state index contributed by atoms with van der Waals surface area (Å²) in [6.45, 7) is 4.25. The summed E-state index contributed by atoms with van der Waals surface area (Å²) < 4.78 is 26.7. The number of hydrogen-bond acceptors (Lipinski definition) is 3. The first kappa shape index (κ1) is 22.9. The molecule has 0 aliphatic rings. The summed E-state index contributed by atoms with van der Waals surface area (Å²) in [5.74, 6) is 0.188. The molecule has 0 aromatic heterocycles. The van der Waals surface area contributed by atoms with E-state index in [1.807, 2.05) is 0 Å². The Hall–Kier alpha value is -0.130. The fourth-order valence-electron chi connectivity index (χ4n) is 2.74. The van der Waals surface area contributed by atoms with Crippen molar-refractivity contribution in [3.63, 3.8) is 0 Å². The molecular weight excluding hydrogens is 310 g/mol. The Bertz CT molecular complexity index is 344. The van der Waals surface area contributed by atoms with E-state index >= 15 is 0 Å². The van der Waals surface area contributed by atoms with Crippen molar-refractivity contribution >= 4 is 10.0 Å². The van der Waals surface area contributed by atoms with E-state index in [4.69, 9.17) is 0 Å². The topological polar surface area (TPSA) is 66.4 Å². The normalized spacial score (nSPS) is 13.3. The van der Waals surface area contributed by atoms with Crippen LogP contribution in [0.5, 0.6) is 0 Å². The zero-order valence-electron chi connectivity index (χ0n) is 15.4. The molecule has 0 aromatic rings. The third kappa shape index (κ3) is 15.2. The lowest BCUT2D eigenvalue weighted by Gasteiger charge is -2.16. The molecule has 0 saturated carbocycles. The third-order valence-electron chi connectivity index (χ3n) is 4.24. The van der Waals surface area contributed by atoms with Gasteiger partial charge in [-0.15, -0.1) is 0 Å². The fourth-order valence-corrected chi connectivity index (χ4v) is 4.15. The van der Waals surface area contributed by atoms with Crippen LogP contribution in [0.1, 0.15) is 97.3 Å². The molecule has 0 fully saturated rings. The predicted octanol–water partition coefficient (Wildman–Crippen LogP) is 4.38. The molecule has 0 amide bonds. The van der Waals surface area contributed by atoms with Crippen LogP contribution in [0.15, 0.2) is 0 Å². The van der Waals surface area contributed by atoms with Gasteiger partial charge in [0.15, 0.2) is 0 Å². The second kappa shape index (κ2) is 15.4. The third-order valence-corrected chi connectivity index (χ3v) is 5.76. The molecule has 0 aliphatic heterocycles. The first-order valence-electron chi connectivity index (χ1n) is 9.66. The molecule has 1 atom stereocenters. The number of aliphatic hydroxyl groups is 1. The average Bonchev–Trinajstić information content (AvgIpc) is 2.52. The Labute approximate surface area is 144 Å². The van der Waals surface area contributed by atoms with E-state index in [-0.39, 0.29) is 18.4 Å². The van der Waals surface area contributed by atoms with Crippen molar-refractivity contribution in [3.05, 3.63) is 0 Å². The van der Waals surface area contributed by atoms with Crippen LogP contribution in [-0.2, 0) is 10.0 Å². The first-order chi connectivity index (χ1) is 11.1. The van der Waals surface area contributed by atoms with Gasteiger partial charge in [0.25, 0.3) is 0 Å². The van der Waals surface area contributed by atoms with E-state index in [2.05, 4.69) is 18.6 Å². The second-order valence-corrected chi connectivity index (χ2v) is 8.51. The van der Waals surface area contributed by atoms with Crippen LogP contribution >= 0.6 is 0 Å². The summed E-state index contributed by atoms with van der Waals surface area (Å²) in [6.07, 6.45) is 14.3. The van der Waals surface area contributed by atoms with Crippen molar-refractivity contribution in [3.8, 4) is 0 Å². The molecule has 0 bridgehead atoms. The number of unbranched alkanes of at least 4 members (excludes halogenated alkanes) is 10. The molecule has 0 rings (SSSR count). The molecule has 0 aromatic carbocycles. The average molecular weight is 350 g/mol. The van der Waals surface area contributed by atoms with E-state index in [0.29, 0.717) is 0 Å². The summed E-state index contributed by atoms with van der Waals surface area (Å²) in [5, 5.41) is 9.33. The van der Waals surface area contributed by atoms with Gasteiger partial charge in [-0.25, -0.2) is 13.1 Å². The van der Waals surface area contributed by atoms with E-state index < -0.39 is 10.0 Å². The van der Waals surface area contributed by atoms with Crippen molar-refractivity contribution in [2.24, 2.45) is 0 Å². The van der Waals surface area contributed by atoms with Crippen molar-refractivity contribution in [1.82, 2.24) is 4.72 Å². The lowest BCUT2D eigenvalue weighted by Crippen LogP contribution is -2.38. The van der Waals surface area contributed by atoms with Crippen LogP contribution in [0, 0.1) is 0 Å². The highest BCUT2D eigenvalue weighted by atomic mass is 32.2. The highest BCUT2D eigenvalue weighted by molar-refractivity contribution is 7.89. The van der Waals surface area contributed by atoms with E-state index in [1.165, 1.54) is 38.5 Å². The highest BCUT2D eigenvalue weighted by Gasteiger charge is 2.16. The van der Waals surface area contributed by atoms with Gasteiger partial charge < -0.3 is 5.11 Å².